The van der Waals surface area contributed by atoms with E-state index in [0.29, 0.717) is 24.7 Å². The molecule has 0 saturated carbocycles. The Bertz CT molecular complexity index is 826. The van der Waals surface area contributed by atoms with E-state index in [-0.39, 0.29) is 5.91 Å². The number of piperidine rings is 1. The Balaban J connectivity index is 1.19. The van der Waals surface area contributed by atoms with Crippen LogP contribution in [0.4, 0.5) is 0 Å². The fourth-order valence-electron chi connectivity index (χ4n) is 4.36. The van der Waals surface area contributed by atoms with Gasteiger partial charge in [0.25, 0.3) is 5.91 Å². The van der Waals surface area contributed by atoms with Crippen molar-refractivity contribution < 1.29 is 9.59 Å². The fraction of sp³-hybridized carbons (Fsp3) is 0.417. The quantitative estimate of drug-likeness (QED) is 0.742. The van der Waals surface area contributed by atoms with E-state index in [4.69, 9.17) is 0 Å². The molecule has 0 aromatic heterocycles. The van der Waals surface area contributed by atoms with Gasteiger partial charge < -0.3 is 4.90 Å². The largest absolute Gasteiger partial charge is 0.334 e. The summed E-state index contributed by atoms with van der Waals surface area (Å²) in [6.45, 7) is 4.05. The highest BCUT2D eigenvalue weighted by Crippen LogP contribution is 2.26. The molecular formula is C24H28N2O2. The maximum atomic E-state index is 12.5. The van der Waals surface area contributed by atoms with Gasteiger partial charge >= 0.3 is 0 Å². The highest BCUT2D eigenvalue weighted by atomic mass is 16.2. The second kappa shape index (κ2) is 8.70. The standard InChI is InChI=1S/C24H28N2O2/c27-22(11-10-19-6-2-1-3-7-19)18-25-14-12-20(13-15-25)16-26-17-21-8-4-5-9-23(21)24(26)28/h1-9,20H,10-18H2. The zero-order valence-electron chi connectivity index (χ0n) is 16.3. The number of amides is 1. The van der Waals surface area contributed by atoms with Crippen LogP contribution in [0.5, 0.6) is 0 Å². The molecule has 2 aromatic rings. The number of hydrogen-bond donors (Lipinski definition) is 0. The minimum atomic E-state index is 0.175. The highest BCUT2D eigenvalue weighted by Gasteiger charge is 2.30. The predicted octanol–water partition coefficient (Wildman–Crippen LogP) is 3.56. The van der Waals surface area contributed by atoms with Crippen LogP contribution in [0.1, 0.15) is 40.7 Å². The summed E-state index contributed by atoms with van der Waals surface area (Å²) in [5.41, 5.74) is 3.24. The summed E-state index contributed by atoms with van der Waals surface area (Å²) in [5.74, 6) is 1.04. The van der Waals surface area contributed by atoms with Crippen molar-refractivity contribution in [2.24, 2.45) is 5.92 Å². The van der Waals surface area contributed by atoms with E-state index in [2.05, 4.69) is 23.1 Å². The van der Waals surface area contributed by atoms with Gasteiger partial charge in [0.2, 0.25) is 0 Å². The summed E-state index contributed by atoms with van der Waals surface area (Å²) in [6, 6.07) is 18.1. The van der Waals surface area contributed by atoms with Crippen LogP contribution in [-0.4, -0.2) is 47.7 Å². The van der Waals surface area contributed by atoms with Crippen molar-refractivity contribution in [3.63, 3.8) is 0 Å². The molecule has 0 atom stereocenters. The first kappa shape index (κ1) is 18.9. The molecule has 146 valence electrons. The number of likely N-dealkylation sites (tertiary alicyclic amines) is 1. The molecule has 0 aliphatic carbocycles. The molecule has 1 amide bonds. The first-order valence-corrected chi connectivity index (χ1v) is 10.3. The Labute approximate surface area is 167 Å². The lowest BCUT2D eigenvalue weighted by Gasteiger charge is -2.33. The Morgan fingerprint density at radius 3 is 2.43 bits per heavy atom. The Kier molecular flexibility index (Phi) is 5.87. The van der Waals surface area contributed by atoms with Crippen molar-refractivity contribution in [3.05, 3.63) is 71.3 Å². The maximum Gasteiger partial charge on any atom is 0.254 e. The van der Waals surface area contributed by atoms with Gasteiger partial charge in [-0.05, 0) is 55.5 Å². The van der Waals surface area contributed by atoms with Gasteiger partial charge in [-0.1, -0.05) is 48.5 Å². The monoisotopic (exact) mass is 376 g/mol. The number of ketones is 1. The molecule has 0 radical (unpaired) electrons. The summed E-state index contributed by atoms with van der Waals surface area (Å²) >= 11 is 0. The smallest absolute Gasteiger partial charge is 0.254 e. The van der Waals surface area contributed by atoms with E-state index < -0.39 is 0 Å². The topological polar surface area (TPSA) is 40.6 Å². The SMILES string of the molecule is O=C(CCc1ccccc1)CN1CCC(CN2Cc3ccccc3C2=O)CC1. The molecule has 0 unspecified atom stereocenters. The Hall–Kier alpha value is -2.46. The zero-order chi connectivity index (χ0) is 19.3. The summed E-state index contributed by atoms with van der Waals surface area (Å²) in [6.07, 6.45) is 3.57. The first-order valence-electron chi connectivity index (χ1n) is 10.3. The maximum absolute atomic E-state index is 12.5. The van der Waals surface area contributed by atoms with Gasteiger partial charge in [-0.2, -0.15) is 0 Å². The van der Waals surface area contributed by atoms with E-state index in [9.17, 15) is 9.59 Å². The lowest BCUT2D eigenvalue weighted by atomic mass is 9.96. The lowest BCUT2D eigenvalue weighted by Crippen LogP contribution is -2.41. The average molecular weight is 377 g/mol. The minimum absolute atomic E-state index is 0.175. The first-order chi connectivity index (χ1) is 13.7. The van der Waals surface area contributed by atoms with Crippen LogP contribution in [0.3, 0.4) is 0 Å². The van der Waals surface area contributed by atoms with E-state index in [1.165, 1.54) is 5.56 Å². The highest BCUT2D eigenvalue weighted by molar-refractivity contribution is 5.98. The molecular weight excluding hydrogens is 348 g/mol. The van der Waals surface area contributed by atoms with Gasteiger partial charge in [-0.25, -0.2) is 0 Å². The molecule has 0 N–H and O–H groups in total. The molecule has 4 nitrogen and oxygen atoms in total. The summed E-state index contributed by atoms with van der Waals surface area (Å²) in [4.78, 5) is 29.1. The van der Waals surface area contributed by atoms with Crippen LogP contribution in [-0.2, 0) is 17.8 Å². The molecule has 2 aromatic carbocycles. The number of carbonyl (C=O) groups excluding carboxylic acids is 2. The number of fused-ring (bicyclic) bond motifs is 1. The van der Waals surface area contributed by atoms with Crippen molar-refractivity contribution in [3.8, 4) is 0 Å². The van der Waals surface area contributed by atoms with E-state index in [0.717, 1.165) is 56.6 Å². The van der Waals surface area contributed by atoms with Crippen LogP contribution in [0.25, 0.3) is 0 Å². The van der Waals surface area contributed by atoms with Crippen LogP contribution >= 0.6 is 0 Å². The predicted molar refractivity (Wildman–Crippen MR) is 110 cm³/mol. The number of benzene rings is 2. The summed E-state index contributed by atoms with van der Waals surface area (Å²) in [5, 5.41) is 0. The average Bonchev–Trinajstić information content (AvgIpc) is 3.04. The third-order valence-electron chi connectivity index (χ3n) is 6.02. The van der Waals surface area contributed by atoms with Crippen LogP contribution < -0.4 is 0 Å². The van der Waals surface area contributed by atoms with Gasteiger partial charge in [0, 0.05) is 25.1 Å². The molecule has 4 heteroatoms. The second-order valence-corrected chi connectivity index (χ2v) is 8.09. The molecule has 2 aliphatic rings. The molecule has 1 fully saturated rings. The van der Waals surface area contributed by atoms with E-state index >= 15 is 0 Å². The van der Waals surface area contributed by atoms with Crippen LogP contribution in [0.15, 0.2) is 54.6 Å². The van der Waals surface area contributed by atoms with Crippen LogP contribution in [0, 0.1) is 5.92 Å². The van der Waals surface area contributed by atoms with Crippen molar-refractivity contribution >= 4 is 11.7 Å². The van der Waals surface area contributed by atoms with Gasteiger partial charge in [0.1, 0.15) is 5.78 Å². The number of carbonyl (C=O) groups is 2. The van der Waals surface area contributed by atoms with Crippen molar-refractivity contribution in [1.29, 1.82) is 0 Å². The normalized spacial score (nSPS) is 17.7. The summed E-state index contributed by atoms with van der Waals surface area (Å²) < 4.78 is 0. The number of Topliss-reactive ketones (excluding diaryl/α,β-unsaturated/α-hetero) is 1. The van der Waals surface area contributed by atoms with Gasteiger partial charge in [0.15, 0.2) is 0 Å². The molecule has 1 saturated heterocycles. The number of nitrogens with zero attached hydrogens (tertiary/aromatic N) is 2. The lowest BCUT2D eigenvalue weighted by molar-refractivity contribution is -0.120. The molecule has 2 aliphatic heterocycles. The Morgan fingerprint density at radius 1 is 0.964 bits per heavy atom. The van der Waals surface area contributed by atoms with E-state index in [1.807, 2.05) is 41.3 Å². The minimum Gasteiger partial charge on any atom is -0.334 e. The third kappa shape index (κ3) is 4.50. The third-order valence-corrected chi connectivity index (χ3v) is 6.02. The van der Waals surface area contributed by atoms with Crippen molar-refractivity contribution in [2.45, 2.75) is 32.2 Å². The van der Waals surface area contributed by atoms with Gasteiger partial charge in [0.05, 0.1) is 6.54 Å². The number of rotatable bonds is 7. The molecule has 2 heterocycles. The fourth-order valence-corrected chi connectivity index (χ4v) is 4.36. The molecule has 28 heavy (non-hydrogen) atoms. The summed E-state index contributed by atoms with van der Waals surface area (Å²) in [7, 11) is 0. The Morgan fingerprint density at radius 2 is 1.68 bits per heavy atom. The van der Waals surface area contributed by atoms with Gasteiger partial charge in [-0.3, -0.25) is 14.5 Å². The molecule has 4 rings (SSSR count). The number of aryl methyl sites for hydroxylation is 1. The second-order valence-electron chi connectivity index (χ2n) is 8.09. The van der Waals surface area contributed by atoms with Crippen LogP contribution in [0.2, 0.25) is 0 Å². The van der Waals surface area contributed by atoms with E-state index in [1.54, 1.807) is 0 Å². The zero-order valence-corrected chi connectivity index (χ0v) is 16.3. The molecule has 0 bridgehead atoms. The number of hydrogen-bond acceptors (Lipinski definition) is 3. The van der Waals surface area contributed by atoms with Crippen molar-refractivity contribution in [2.75, 3.05) is 26.2 Å². The van der Waals surface area contributed by atoms with Gasteiger partial charge in [-0.15, -0.1) is 0 Å². The van der Waals surface area contributed by atoms with Crippen molar-refractivity contribution in [1.82, 2.24) is 9.80 Å². The molecule has 0 spiro atoms.